The van der Waals surface area contributed by atoms with Crippen LogP contribution in [0.3, 0.4) is 0 Å². The number of hydrogen-bond donors (Lipinski definition) is 1. The van der Waals surface area contributed by atoms with Crippen molar-refractivity contribution >= 4 is 5.82 Å². The van der Waals surface area contributed by atoms with Crippen molar-refractivity contribution in [3.8, 4) is 0 Å². The molecule has 2 bridgehead atoms. The molecule has 1 N–H and O–H groups in total. The highest BCUT2D eigenvalue weighted by Gasteiger charge is 2.35. The molecule has 1 aromatic heterocycles. The van der Waals surface area contributed by atoms with Crippen molar-refractivity contribution < 1.29 is 4.74 Å². The van der Waals surface area contributed by atoms with Crippen molar-refractivity contribution in [2.45, 2.75) is 51.4 Å². The zero-order valence-electron chi connectivity index (χ0n) is 12.5. The van der Waals surface area contributed by atoms with Crippen molar-refractivity contribution in [3.05, 3.63) is 23.9 Å². The molecule has 2 fully saturated rings. The van der Waals surface area contributed by atoms with Crippen LogP contribution in [0.2, 0.25) is 0 Å². The van der Waals surface area contributed by atoms with Gasteiger partial charge in [0.2, 0.25) is 0 Å². The number of pyridine rings is 1. The van der Waals surface area contributed by atoms with Gasteiger partial charge in [0.25, 0.3) is 0 Å². The molecule has 3 rings (SSSR count). The van der Waals surface area contributed by atoms with Gasteiger partial charge in [-0.15, -0.1) is 0 Å². The first-order valence-electron chi connectivity index (χ1n) is 7.86. The summed E-state index contributed by atoms with van der Waals surface area (Å²) in [4.78, 5) is 7.08. The minimum Gasteiger partial charge on any atom is -0.371 e. The molecular formula is C16H25N3O. The summed E-state index contributed by atoms with van der Waals surface area (Å²) in [6.07, 6.45) is 6.27. The number of aromatic nitrogens is 1. The van der Waals surface area contributed by atoms with Gasteiger partial charge in [-0.25, -0.2) is 4.98 Å². The predicted molar refractivity (Wildman–Crippen MR) is 81.1 cm³/mol. The molecule has 20 heavy (non-hydrogen) atoms. The number of nitrogens with zero attached hydrogens (tertiary/aromatic N) is 2. The fourth-order valence-electron chi connectivity index (χ4n) is 3.27. The van der Waals surface area contributed by atoms with Crippen LogP contribution in [0.25, 0.3) is 0 Å². The normalized spacial score (nSPS) is 26.8. The van der Waals surface area contributed by atoms with E-state index in [0.29, 0.717) is 18.2 Å². The van der Waals surface area contributed by atoms with Crippen LogP contribution in [-0.4, -0.2) is 36.8 Å². The van der Waals surface area contributed by atoms with E-state index in [-0.39, 0.29) is 0 Å². The third kappa shape index (κ3) is 2.81. The van der Waals surface area contributed by atoms with Gasteiger partial charge in [-0.3, -0.25) is 0 Å². The maximum Gasteiger partial charge on any atom is 0.133 e. The van der Waals surface area contributed by atoms with E-state index in [0.717, 1.165) is 31.9 Å². The monoisotopic (exact) mass is 275 g/mol. The van der Waals surface area contributed by atoms with Crippen LogP contribution in [0.5, 0.6) is 0 Å². The molecule has 0 aromatic carbocycles. The van der Waals surface area contributed by atoms with E-state index < -0.39 is 0 Å². The Balaban J connectivity index is 1.78. The Morgan fingerprint density at radius 1 is 1.40 bits per heavy atom. The number of rotatable bonds is 5. The first-order valence-corrected chi connectivity index (χ1v) is 7.86. The van der Waals surface area contributed by atoms with Crippen LogP contribution >= 0.6 is 0 Å². The molecule has 3 atom stereocenters. The Hall–Kier alpha value is -1.13. The van der Waals surface area contributed by atoms with E-state index in [1.165, 1.54) is 18.4 Å². The lowest BCUT2D eigenvalue weighted by Gasteiger charge is -2.34. The zero-order valence-corrected chi connectivity index (χ0v) is 12.5. The molecule has 3 unspecified atom stereocenters. The predicted octanol–water partition coefficient (Wildman–Crippen LogP) is 2.51. The van der Waals surface area contributed by atoms with Crippen LogP contribution in [0, 0.1) is 0 Å². The first-order chi connectivity index (χ1) is 9.78. The summed E-state index contributed by atoms with van der Waals surface area (Å²) in [6.45, 7) is 7.45. The van der Waals surface area contributed by atoms with Gasteiger partial charge in [0, 0.05) is 30.9 Å². The maximum atomic E-state index is 5.93. The molecular weight excluding hydrogens is 250 g/mol. The van der Waals surface area contributed by atoms with E-state index in [4.69, 9.17) is 4.74 Å². The van der Waals surface area contributed by atoms with Crippen molar-refractivity contribution in [1.29, 1.82) is 0 Å². The van der Waals surface area contributed by atoms with Crippen LogP contribution in [0.1, 0.15) is 44.7 Å². The average molecular weight is 275 g/mol. The molecule has 0 aliphatic carbocycles. The Morgan fingerprint density at radius 3 is 2.85 bits per heavy atom. The lowest BCUT2D eigenvalue weighted by molar-refractivity contribution is 0.0301. The SMILES string of the molecule is CCCNC(C)c1cccnc1N1CC2CCC(C1)O2. The highest BCUT2D eigenvalue weighted by atomic mass is 16.5. The largest absolute Gasteiger partial charge is 0.371 e. The molecule has 0 amide bonds. The quantitative estimate of drug-likeness (QED) is 0.896. The number of hydrogen-bond acceptors (Lipinski definition) is 4. The highest BCUT2D eigenvalue weighted by Crippen LogP contribution is 2.31. The van der Waals surface area contributed by atoms with Gasteiger partial charge in [0.1, 0.15) is 5.82 Å². The van der Waals surface area contributed by atoms with Crippen LogP contribution in [-0.2, 0) is 4.74 Å². The van der Waals surface area contributed by atoms with Crippen molar-refractivity contribution in [3.63, 3.8) is 0 Å². The molecule has 2 saturated heterocycles. The topological polar surface area (TPSA) is 37.4 Å². The third-order valence-corrected chi connectivity index (χ3v) is 4.33. The molecule has 110 valence electrons. The van der Waals surface area contributed by atoms with E-state index in [9.17, 15) is 0 Å². The van der Waals surface area contributed by atoms with E-state index in [1.54, 1.807) is 0 Å². The molecule has 0 saturated carbocycles. The van der Waals surface area contributed by atoms with E-state index >= 15 is 0 Å². The summed E-state index contributed by atoms with van der Waals surface area (Å²) >= 11 is 0. The number of anilines is 1. The average Bonchev–Trinajstić information content (AvgIpc) is 2.83. The van der Waals surface area contributed by atoms with Gasteiger partial charge in [0.05, 0.1) is 12.2 Å². The molecule has 4 nitrogen and oxygen atoms in total. The molecule has 2 aliphatic rings. The fraction of sp³-hybridized carbons (Fsp3) is 0.688. The second kappa shape index (κ2) is 6.10. The molecule has 2 aliphatic heterocycles. The zero-order chi connectivity index (χ0) is 13.9. The summed E-state index contributed by atoms with van der Waals surface area (Å²) in [5, 5.41) is 3.57. The van der Waals surface area contributed by atoms with E-state index in [2.05, 4.69) is 35.1 Å². The smallest absolute Gasteiger partial charge is 0.133 e. The number of morpholine rings is 1. The standard InChI is InChI=1S/C16H25N3O/c1-3-8-17-12(2)15-5-4-9-18-16(15)19-10-13-6-7-14(11-19)20-13/h4-5,9,12-14,17H,3,6-8,10-11H2,1-2H3. The van der Waals surface area contributed by atoms with Crippen LogP contribution < -0.4 is 10.2 Å². The summed E-state index contributed by atoms with van der Waals surface area (Å²) in [6, 6.07) is 4.59. The molecule has 3 heterocycles. The molecule has 0 radical (unpaired) electrons. The van der Waals surface area contributed by atoms with Gasteiger partial charge < -0.3 is 15.0 Å². The highest BCUT2D eigenvalue weighted by molar-refractivity contribution is 5.49. The molecule has 4 heteroatoms. The summed E-state index contributed by atoms with van der Waals surface area (Å²) in [5.41, 5.74) is 1.31. The van der Waals surface area contributed by atoms with Crippen LogP contribution in [0.15, 0.2) is 18.3 Å². The van der Waals surface area contributed by atoms with E-state index in [1.807, 2.05) is 12.3 Å². The second-order valence-corrected chi connectivity index (χ2v) is 5.95. The minimum absolute atomic E-state index is 0.346. The Morgan fingerprint density at radius 2 is 2.15 bits per heavy atom. The lowest BCUT2D eigenvalue weighted by Crippen LogP contribution is -2.43. The fourth-order valence-corrected chi connectivity index (χ4v) is 3.27. The lowest BCUT2D eigenvalue weighted by atomic mass is 10.1. The number of nitrogens with one attached hydrogen (secondary N) is 1. The van der Waals surface area contributed by atoms with Crippen molar-refractivity contribution in [2.24, 2.45) is 0 Å². The van der Waals surface area contributed by atoms with Gasteiger partial charge in [-0.2, -0.15) is 0 Å². The van der Waals surface area contributed by atoms with Gasteiger partial charge in [-0.1, -0.05) is 13.0 Å². The van der Waals surface area contributed by atoms with Crippen LogP contribution in [0.4, 0.5) is 5.82 Å². The Kier molecular flexibility index (Phi) is 4.22. The first kappa shape index (κ1) is 13.8. The number of fused-ring (bicyclic) bond motifs is 2. The van der Waals surface area contributed by atoms with Crippen molar-refractivity contribution in [1.82, 2.24) is 10.3 Å². The summed E-state index contributed by atoms with van der Waals surface area (Å²) < 4.78 is 5.93. The Labute approximate surface area is 121 Å². The van der Waals surface area contributed by atoms with Crippen molar-refractivity contribution in [2.75, 3.05) is 24.5 Å². The summed E-state index contributed by atoms with van der Waals surface area (Å²) in [7, 11) is 0. The summed E-state index contributed by atoms with van der Waals surface area (Å²) in [5.74, 6) is 1.14. The minimum atomic E-state index is 0.346. The third-order valence-electron chi connectivity index (χ3n) is 4.33. The Bertz CT molecular complexity index is 439. The molecule has 0 spiro atoms. The number of ether oxygens (including phenoxy) is 1. The second-order valence-electron chi connectivity index (χ2n) is 5.95. The molecule has 1 aromatic rings. The van der Waals surface area contributed by atoms with Gasteiger partial charge >= 0.3 is 0 Å². The van der Waals surface area contributed by atoms with Gasteiger partial charge in [-0.05, 0) is 38.8 Å². The maximum absolute atomic E-state index is 5.93. The van der Waals surface area contributed by atoms with Gasteiger partial charge in [0.15, 0.2) is 0 Å².